The minimum absolute atomic E-state index is 0.143. The minimum atomic E-state index is -0.143. The van der Waals surface area contributed by atoms with E-state index in [-0.39, 0.29) is 11.9 Å². The van der Waals surface area contributed by atoms with Gasteiger partial charge in [0.2, 0.25) is 0 Å². The molecule has 0 bridgehead atoms. The number of hydrogen-bond donors (Lipinski definition) is 1. The molecule has 84 valence electrons. The van der Waals surface area contributed by atoms with E-state index in [0.717, 1.165) is 22.2 Å². The van der Waals surface area contributed by atoms with Crippen LogP contribution in [0.3, 0.4) is 0 Å². The van der Waals surface area contributed by atoms with E-state index in [4.69, 9.17) is 5.73 Å². The average Bonchev–Trinajstić information content (AvgIpc) is 2.23. The molecule has 0 saturated carbocycles. The van der Waals surface area contributed by atoms with E-state index < -0.39 is 0 Å². The molecule has 1 aromatic rings. The Morgan fingerprint density at radius 2 is 2.27 bits per heavy atom. The van der Waals surface area contributed by atoms with Gasteiger partial charge in [0.1, 0.15) is 5.82 Å². The molecule has 1 atom stereocenters. The second-order valence-electron chi connectivity index (χ2n) is 3.42. The van der Waals surface area contributed by atoms with Gasteiger partial charge in [-0.05, 0) is 30.2 Å². The smallest absolute Gasteiger partial charge is 0.127 e. The fourth-order valence-electron chi connectivity index (χ4n) is 1.09. The highest BCUT2D eigenvalue weighted by Gasteiger charge is 2.04. The van der Waals surface area contributed by atoms with Crippen LogP contribution in [0.4, 0.5) is 4.39 Å². The predicted octanol–water partition coefficient (Wildman–Crippen LogP) is 3.56. The predicted molar refractivity (Wildman–Crippen MR) is 68.5 cm³/mol. The number of nitrogens with two attached hydrogens (primary N) is 1. The van der Waals surface area contributed by atoms with Crippen LogP contribution in [0.15, 0.2) is 22.7 Å². The molecule has 0 aliphatic heterocycles. The van der Waals surface area contributed by atoms with Crippen LogP contribution in [-0.2, 0) is 5.75 Å². The van der Waals surface area contributed by atoms with Crippen LogP contribution in [0.1, 0.15) is 18.9 Å². The van der Waals surface area contributed by atoms with Crippen molar-refractivity contribution in [3.8, 4) is 0 Å². The van der Waals surface area contributed by atoms with E-state index in [1.54, 1.807) is 17.8 Å². The first-order valence-corrected chi connectivity index (χ1v) is 6.85. The molecule has 0 spiro atoms. The van der Waals surface area contributed by atoms with Crippen LogP contribution < -0.4 is 5.73 Å². The van der Waals surface area contributed by atoms with Crippen molar-refractivity contribution in [2.45, 2.75) is 25.1 Å². The van der Waals surface area contributed by atoms with Gasteiger partial charge in [0, 0.05) is 22.0 Å². The second kappa shape index (κ2) is 6.51. The van der Waals surface area contributed by atoms with Crippen molar-refractivity contribution < 1.29 is 4.39 Å². The van der Waals surface area contributed by atoms with E-state index in [1.165, 1.54) is 6.07 Å². The fourth-order valence-corrected chi connectivity index (χ4v) is 2.60. The quantitative estimate of drug-likeness (QED) is 0.898. The Morgan fingerprint density at radius 3 is 2.93 bits per heavy atom. The maximum atomic E-state index is 13.3. The number of benzene rings is 1. The molecule has 2 N–H and O–H groups in total. The highest BCUT2D eigenvalue weighted by Crippen LogP contribution is 2.20. The van der Waals surface area contributed by atoms with Crippen LogP contribution >= 0.6 is 27.7 Å². The molecule has 4 heteroatoms. The van der Waals surface area contributed by atoms with Gasteiger partial charge in [-0.2, -0.15) is 11.8 Å². The van der Waals surface area contributed by atoms with Gasteiger partial charge < -0.3 is 5.73 Å². The van der Waals surface area contributed by atoms with Gasteiger partial charge in [0.25, 0.3) is 0 Å². The first-order chi connectivity index (χ1) is 7.13. The number of rotatable bonds is 5. The van der Waals surface area contributed by atoms with E-state index in [2.05, 4.69) is 22.9 Å². The monoisotopic (exact) mass is 291 g/mol. The summed E-state index contributed by atoms with van der Waals surface area (Å²) in [5, 5.41) is 0. The van der Waals surface area contributed by atoms with Gasteiger partial charge in [0.15, 0.2) is 0 Å². The SMILES string of the molecule is CCC(N)CSCc1cc(Br)ccc1F. The van der Waals surface area contributed by atoms with Crippen LogP contribution in [0.2, 0.25) is 0 Å². The molecule has 1 rings (SSSR count). The minimum Gasteiger partial charge on any atom is -0.327 e. The Morgan fingerprint density at radius 1 is 1.53 bits per heavy atom. The van der Waals surface area contributed by atoms with Crippen LogP contribution in [0.25, 0.3) is 0 Å². The van der Waals surface area contributed by atoms with Gasteiger partial charge >= 0.3 is 0 Å². The summed E-state index contributed by atoms with van der Waals surface area (Å²) in [4.78, 5) is 0. The molecule has 0 amide bonds. The topological polar surface area (TPSA) is 26.0 Å². The average molecular weight is 292 g/mol. The molecule has 1 unspecified atom stereocenters. The Hall–Kier alpha value is -0.0600. The third-order valence-corrected chi connectivity index (χ3v) is 3.79. The summed E-state index contributed by atoms with van der Waals surface area (Å²) in [6, 6.07) is 5.23. The van der Waals surface area contributed by atoms with Crippen molar-refractivity contribution in [2.75, 3.05) is 5.75 Å². The lowest BCUT2D eigenvalue weighted by molar-refractivity contribution is 0.617. The summed E-state index contributed by atoms with van der Waals surface area (Å²) in [5.74, 6) is 1.41. The molecular formula is C11H15BrFNS. The van der Waals surface area contributed by atoms with Crippen LogP contribution in [0, 0.1) is 5.82 Å². The van der Waals surface area contributed by atoms with Crippen LogP contribution in [0.5, 0.6) is 0 Å². The Bertz CT molecular complexity index is 319. The normalized spacial score (nSPS) is 12.8. The van der Waals surface area contributed by atoms with Crippen molar-refractivity contribution in [1.82, 2.24) is 0 Å². The third kappa shape index (κ3) is 4.53. The zero-order valence-corrected chi connectivity index (χ0v) is 11.1. The van der Waals surface area contributed by atoms with E-state index in [0.29, 0.717) is 5.75 Å². The summed E-state index contributed by atoms with van der Waals surface area (Å²) in [6.07, 6.45) is 0.966. The lowest BCUT2D eigenvalue weighted by Crippen LogP contribution is -2.21. The molecule has 0 saturated heterocycles. The van der Waals surface area contributed by atoms with Gasteiger partial charge in [-0.25, -0.2) is 4.39 Å². The molecule has 0 fully saturated rings. The summed E-state index contributed by atoms with van der Waals surface area (Å²) in [5.41, 5.74) is 6.52. The molecule has 1 aromatic carbocycles. The molecule has 15 heavy (non-hydrogen) atoms. The van der Waals surface area contributed by atoms with E-state index >= 15 is 0 Å². The fraction of sp³-hybridized carbons (Fsp3) is 0.455. The van der Waals surface area contributed by atoms with Crippen molar-refractivity contribution >= 4 is 27.7 Å². The summed E-state index contributed by atoms with van der Waals surface area (Å²) < 4.78 is 14.2. The third-order valence-electron chi connectivity index (χ3n) is 2.12. The zero-order chi connectivity index (χ0) is 11.3. The van der Waals surface area contributed by atoms with Gasteiger partial charge in [-0.15, -0.1) is 0 Å². The van der Waals surface area contributed by atoms with Crippen molar-refractivity contribution in [1.29, 1.82) is 0 Å². The van der Waals surface area contributed by atoms with Crippen molar-refractivity contribution in [2.24, 2.45) is 5.73 Å². The summed E-state index contributed by atoms with van der Waals surface area (Å²) in [7, 11) is 0. The maximum absolute atomic E-state index is 13.3. The molecule has 1 nitrogen and oxygen atoms in total. The second-order valence-corrected chi connectivity index (χ2v) is 5.37. The molecule has 0 aromatic heterocycles. The Kier molecular flexibility index (Phi) is 5.64. The number of thioether (sulfide) groups is 1. The molecule has 0 aliphatic carbocycles. The summed E-state index contributed by atoms with van der Waals surface area (Å²) in [6.45, 7) is 2.06. The van der Waals surface area contributed by atoms with E-state index in [9.17, 15) is 4.39 Å². The first kappa shape index (κ1) is 13.0. The lowest BCUT2D eigenvalue weighted by Gasteiger charge is -2.08. The lowest BCUT2D eigenvalue weighted by atomic mass is 10.2. The highest BCUT2D eigenvalue weighted by atomic mass is 79.9. The Labute approximate surface area is 103 Å². The van der Waals surface area contributed by atoms with E-state index in [1.807, 2.05) is 6.07 Å². The Balaban J connectivity index is 2.46. The molecule has 0 aliphatic rings. The van der Waals surface area contributed by atoms with Gasteiger partial charge in [0.05, 0.1) is 0 Å². The van der Waals surface area contributed by atoms with Crippen LogP contribution in [-0.4, -0.2) is 11.8 Å². The summed E-state index contributed by atoms with van der Waals surface area (Å²) >= 11 is 5.01. The van der Waals surface area contributed by atoms with Crippen molar-refractivity contribution in [3.63, 3.8) is 0 Å². The van der Waals surface area contributed by atoms with Gasteiger partial charge in [-0.3, -0.25) is 0 Å². The number of halogens is 2. The molecule has 0 radical (unpaired) electrons. The molecular weight excluding hydrogens is 277 g/mol. The zero-order valence-electron chi connectivity index (χ0n) is 8.67. The maximum Gasteiger partial charge on any atom is 0.127 e. The first-order valence-electron chi connectivity index (χ1n) is 4.90. The standard InChI is InChI=1S/C11H15BrFNS/c1-2-10(14)7-15-6-8-5-9(12)3-4-11(8)13/h3-5,10H,2,6-7,14H2,1H3. The highest BCUT2D eigenvalue weighted by molar-refractivity contribution is 9.10. The molecule has 0 heterocycles. The number of hydrogen-bond acceptors (Lipinski definition) is 2. The van der Waals surface area contributed by atoms with Crippen molar-refractivity contribution in [3.05, 3.63) is 34.1 Å². The largest absolute Gasteiger partial charge is 0.327 e. The van der Waals surface area contributed by atoms with Gasteiger partial charge in [-0.1, -0.05) is 22.9 Å².